The van der Waals surface area contributed by atoms with E-state index in [1.54, 1.807) is 17.8 Å². The average Bonchev–Trinajstić information content (AvgIpc) is 2.87. The minimum Gasteiger partial charge on any atom is -0.395 e. The van der Waals surface area contributed by atoms with E-state index < -0.39 is 0 Å². The summed E-state index contributed by atoms with van der Waals surface area (Å²) in [5.74, 6) is 6.69. The molecule has 1 heterocycles. The summed E-state index contributed by atoms with van der Waals surface area (Å²) >= 11 is 3.12. The van der Waals surface area contributed by atoms with Gasteiger partial charge in [0, 0.05) is 18.2 Å². The summed E-state index contributed by atoms with van der Waals surface area (Å²) in [4.78, 5) is 13.6. The van der Waals surface area contributed by atoms with Gasteiger partial charge in [-0.15, -0.1) is 11.3 Å². The smallest absolute Gasteiger partial charge is 0.261 e. The summed E-state index contributed by atoms with van der Waals surface area (Å²) in [6, 6.07) is 3.86. The van der Waals surface area contributed by atoms with Gasteiger partial charge in [-0.05, 0) is 24.8 Å². The first-order valence-corrected chi connectivity index (χ1v) is 8.41. The second kappa shape index (κ2) is 9.03. The zero-order valence-electron chi connectivity index (χ0n) is 11.2. The monoisotopic (exact) mass is 297 g/mol. The van der Waals surface area contributed by atoms with E-state index in [4.69, 9.17) is 5.11 Å². The van der Waals surface area contributed by atoms with E-state index in [-0.39, 0.29) is 18.6 Å². The number of hydrogen-bond donors (Lipinski definition) is 2. The number of carbonyl (C=O) groups excluding carboxylic acids is 1. The van der Waals surface area contributed by atoms with Crippen molar-refractivity contribution in [3.8, 4) is 11.8 Å². The molecule has 0 aliphatic carbocycles. The number of thiophene rings is 1. The molecule has 1 amide bonds. The molecule has 1 aromatic heterocycles. The van der Waals surface area contributed by atoms with Crippen LogP contribution in [-0.4, -0.2) is 35.7 Å². The fourth-order valence-electron chi connectivity index (χ4n) is 1.45. The summed E-state index contributed by atoms with van der Waals surface area (Å²) < 4.78 is 0. The van der Waals surface area contributed by atoms with Crippen LogP contribution in [-0.2, 0) is 0 Å². The zero-order chi connectivity index (χ0) is 14.1. The Kier molecular flexibility index (Phi) is 7.65. The largest absolute Gasteiger partial charge is 0.395 e. The molecule has 3 nitrogen and oxygen atoms in total. The molecule has 0 aliphatic heterocycles. The van der Waals surface area contributed by atoms with E-state index in [0.717, 1.165) is 17.1 Å². The van der Waals surface area contributed by atoms with Gasteiger partial charge in [0.2, 0.25) is 0 Å². The first-order chi connectivity index (χ1) is 9.21. The number of hydrogen-bond acceptors (Lipinski definition) is 4. The third-order valence-electron chi connectivity index (χ3n) is 2.47. The highest BCUT2D eigenvalue weighted by Gasteiger charge is 2.13. The van der Waals surface area contributed by atoms with E-state index >= 15 is 0 Å². The van der Waals surface area contributed by atoms with Crippen molar-refractivity contribution < 1.29 is 9.90 Å². The van der Waals surface area contributed by atoms with Crippen molar-refractivity contribution in [3.63, 3.8) is 0 Å². The van der Waals surface area contributed by atoms with Crippen molar-refractivity contribution in [2.45, 2.75) is 25.8 Å². The third kappa shape index (κ3) is 5.68. The first kappa shape index (κ1) is 16.1. The van der Waals surface area contributed by atoms with Crippen LogP contribution in [0.4, 0.5) is 0 Å². The van der Waals surface area contributed by atoms with Crippen molar-refractivity contribution in [1.29, 1.82) is 0 Å². The van der Waals surface area contributed by atoms with Gasteiger partial charge in [0.25, 0.3) is 5.91 Å². The Balaban J connectivity index is 2.61. The third-order valence-corrected chi connectivity index (χ3v) is 4.21. The van der Waals surface area contributed by atoms with Crippen molar-refractivity contribution in [2.75, 3.05) is 18.6 Å². The standard InChI is InChI=1S/C14H19NO2S2/c1-3-11(10-18-2)15-14(17)13-8-7-12(19-13)6-4-5-9-16/h7-8,11,16H,3,5,9-10H2,1-2H3,(H,15,17). The second-order valence-corrected chi connectivity index (χ2v) is 5.97. The molecule has 0 radical (unpaired) electrons. The highest BCUT2D eigenvalue weighted by molar-refractivity contribution is 7.98. The molecule has 1 aromatic rings. The minimum absolute atomic E-state index is 0.0268. The molecule has 19 heavy (non-hydrogen) atoms. The predicted molar refractivity (Wildman–Crippen MR) is 82.8 cm³/mol. The predicted octanol–water partition coefficient (Wildman–Crippen LogP) is 2.35. The summed E-state index contributed by atoms with van der Waals surface area (Å²) in [7, 11) is 0. The van der Waals surface area contributed by atoms with E-state index in [1.165, 1.54) is 11.3 Å². The quantitative estimate of drug-likeness (QED) is 0.793. The fourth-order valence-corrected chi connectivity index (χ4v) is 2.96. The van der Waals surface area contributed by atoms with Crippen LogP contribution in [0.3, 0.4) is 0 Å². The topological polar surface area (TPSA) is 49.3 Å². The van der Waals surface area contributed by atoms with Gasteiger partial charge in [0.15, 0.2) is 0 Å². The maximum Gasteiger partial charge on any atom is 0.261 e. The van der Waals surface area contributed by atoms with Gasteiger partial charge >= 0.3 is 0 Å². The number of nitrogens with one attached hydrogen (secondary N) is 1. The van der Waals surface area contributed by atoms with E-state index in [0.29, 0.717) is 11.3 Å². The van der Waals surface area contributed by atoms with E-state index in [2.05, 4.69) is 24.1 Å². The first-order valence-electron chi connectivity index (χ1n) is 6.20. The maximum absolute atomic E-state index is 12.0. The molecule has 0 saturated carbocycles. The number of carbonyl (C=O) groups is 1. The van der Waals surface area contributed by atoms with E-state index in [9.17, 15) is 4.79 Å². The summed E-state index contributed by atoms with van der Waals surface area (Å²) in [5, 5.41) is 11.7. The zero-order valence-corrected chi connectivity index (χ0v) is 12.9. The molecule has 1 unspecified atom stereocenters. The Hall–Kier alpha value is -0.960. The summed E-state index contributed by atoms with van der Waals surface area (Å²) in [5.41, 5.74) is 0. The van der Waals surface area contributed by atoms with Crippen LogP contribution in [0.5, 0.6) is 0 Å². The number of aliphatic hydroxyl groups excluding tert-OH is 1. The Morgan fingerprint density at radius 1 is 1.58 bits per heavy atom. The molecule has 0 bridgehead atoms. The molecule has 104 valence electrons. The molecule has 2 N–H and O–H groups in total. The van der Waals surface area contributed by atoms with Crippen LogP contribution in [0, 0.1) is 11.8 Å². The van der Waals surface area contributed by atoms with Crippen LogP contribution in [0.1, 0.15) is 34.3 Å². The van der Waals surface area contributed by atoms with Crippen LogP contribution in [0.15, 0.2) is 12.1 Å². The van der Waals surface area contributed by atoms with Gasteiger partial charge in [0.1, 0.15) is 0 Å². The van der Waals surface area contributed by atoms with Gasteiger partial charge in [0.05, 0.1) is 16.4 Å². The molecule has 0 fully saturated rings. The lowest BCUT2D eigenvalue weighted by atomic mass is 10.2. The number of rotatable bonds is 6. The van der Waals surface area contributed by atoms with Crippen LogP contribution in [0.2, 0.25) is 0 Å². The normalized spacial score (nSPS) is 11.5. The molecule has 0 aromatic carbocycles. The van der Waals surface area contributed by atoms with Gasteiger partial charge in [-0.25, -0.2) is 0 Å². The van der Waals surface area contributed by atoms with Crippen LogP contribution >= 0.6 is 23.1 Å². The molecule has 1 atom stereocenters. The Labute approximate surface area is 122 Å². The number of thioether (sulfide) groups is 1. The lowest BCUT2D eigenvalue weighted by molar-refractivity contribution is 0.0944. The summed E-state index contributed by atoms with van der Waals surface area (Å²) in [6.45, 7) is 2.14. The van der Waals surface area contributed by atoms with Gasteiger partial charge in [-0.2, -0.15) is 11.8 Å². The fraction of sp³-hybridized carbons (Fsp3) is 0.500. The molecule has 0 saturated heterocycles. The highest BCUT2D eigenvalue weighted by atomic mass is 32.2. The van der Waals surface area contributed by atoms with Crippen molar-refractivity contribution in [3.05, 3.63) is 21.9 Å². The SMILES string of the molecule is CCC(CSC)NC(=O)c1ccc(C#CCCO)s1. The van der Waals surface area contributed by atoms with Gasteiger partial charge in [-0.3, -0.25) is 4.79 Å². The number of amides is 1. The summed E-state index contributed by atoms with van der Waals surface area (Å²) in [6.07, 6.45) is 3.43. The average molecular weight is 297 g/mol. The molecular formula is C14H19NO2S2. The molecule has 1 rings (SSSR count). The van der Waals surface area contributed by atoms with Crippen molar-refractivity contribution in [1.82, 2.24) is 5.32 Å². The Morgan fingerprint density at radius 3 is 3.00 bits per heavy atom. The van der Waals surface area contributed by atoms with Crippen molar-refractivity contribution >= 4 is 29.0 Å². The highest BCUT2D eigenvalue weighted by Crippen LogP contribution is 2.16. The van der Waals surface area contributed by atoms with Gasteiger partial charge in [-0.1, -0.05) is 18.8 Å². The lowest BCUT2D eigenvalue weighted by Crippen LogP contribution is -2.35. The minimum atomic E-state index is -0.0268. The maximum atomic E-state index is 12.0. The van der Waals surface area contributed by atoms with Crippen LogP contribution < -0.4 is 5.32 Å². The molecular weight excluding hydrogens is 278 g/mol. The Morgan fingerprint density at radius 2 is 2.37 bits per heavy atom. The number of aliphatic hydroxyl groups is 1. The van der Waals surface area contributed by atoms with Gasteiger partial charge < -0.3 is 10.4 Å². The van der Waals surface area contributed by atoms with Crippen LogP contribution in [0.25, 0.3) is 0 Å². The second-order valence-electron chi connectivity index (χ2n) is 3.97. The lowest BCUT2D eigenvalue weighted by Gasteiger charge is -2.14. The molecule has 5 heteroatoms. The Bertz CT molecular complexity index is 460. The molecule has 0 aliphatic rings. The molecule has 0 spiro atoms. The van der Waals surface area contributed by atoms with Crippen molar-refractivity contribution in [2.24, 2.45) is 0 Å². The van der Waals surface area contributed by atoms with E-state index in [1.807, 2.05) is 12.3 Å².